The van der Waals surface area contributed by atoms with Crippen molar-refractivity contribution >= 4 is 29.0 Å². The van der Waals surface area contributed by atoms with Crippen molar-refractivity contribution in [2.45, 2.75) is 43.6 Å². The average molecular weight is 382 g/mol. The lowest BCUT2D eigenvalue weighted by Gasteiger charge is -2.16. The fourth-order valence-corrected chi connectivity index (χ4v) is 4.63. The Hall–Kier alpha value is -1.38. The third kappa shape index (κ3) is 4.62. The van der Waals surface area contributed by atoms with Gasteiger partial charge in [-0.05, 0) is 43.7 Å². The van der Waals surface area contributed by atoms with Crippen LogP contribution < -0.4 is 5.32 Å². The fraction of sp³-hybridized carbons (Fsp3) is 0.588. The van der Waals surface area contributed by atoms with Gasteiger partial charge in [-0.15, -0.1) is 21.5 Å². The van der Waals surface area contributed by atoms with Crippen molar-refractivity contribution in [3.63, 3.8) is 0 Å². The zero-order valence-corrected chi connectivity index (χ0v) is 16.3. The second-order valence-electron chi connectivity index (χ2n) is 6.32. The number of amides is 1. The van der Waals surface area contributed by atoms with Gasteiger partial charge in [0.15, 0.2) is 0 Å². The van der Waals surface area contributed by atoms with Crippen molar-refractivity contribution in [3.8, 4) is 10.8 Å². The van der Waals surface area contributed by atoms with Gasteiger partial charge < -0.3 is 14.5 Å². The molecule has 1 aliphatic carbocycles. The number of thiophene rings is 1. The minimum Gasteiger partial charge on any atom is -0.410 e. The fourth-order valence-electron chi connectivity index (χ4n) is 2.79. The van der Waals surface area contributed by atoms with Crippen LogP contribution in [0, 0.1) is 5.92 Å². The number of methoxy groups -OCH3 is 1. The van der Waals surface area contributed by atoms with Gasteiger partial charge in [0.25, 0.3) is 11.1 Å². The molecule has 6 nitrogen and oxygen atoms in total. The van der Waals surface area contributed by atoms with Gasteiger partial charge in [-0.3, -0.25) is 4.79 Å². The Bertz CT molecular complexity index is 729. The molecule has 0 fully saturated rings. The van der Waals surface area contributed by atoms with Crippen LogP contribution in [0.15, 0.2) is 15.7 Å². The molecule has 0 aromatic carbocycles. The molecule has 136 valence electrons. The molecule has 1 aliphatic rings. The van der Waals surface area contributed by atoms with Crippen LogP contribution in [0.4, 0.5) is 0 Å². The van der Waals surface area contributed by atoms with E-state index < -0.39 is 0 Å². The summed E-state index contributed by atoms with van der Waals surface area (Å²) in [6.45, 7) is 5.10. The standard InChI is InChI=1S/C17H23N3O3S2/c1-10-4-5-13-12(8-10)9-14(25-13)16-19-20-17(23-16)24-11(2)15(21)18-6-7-22-3/h9-11H,4-8H2,1-3H3,(H,18,21)/t10-,11-/m1/s1. The lowest BCUT2D eigenvalue weighted by molar-refractivity contribution is -0.120. The van der Waals surface area contributed by atoms with Gasteiger partial charge in [-0.25, -0.2) is 0 Å². The number of carbonyl (C=O) groups is 1. The van der Waals surface area contributed by atoms with Gasteiger partial charge in [0.2, 0.25) is 5.91 Å². The predicted molar refractivity (Wildman–Crippen MR) is 99.0 cm³/mol. The number of carbonyl (C=O) groups excluding carboxylic acids is 1. The third-order valence-electron chi connectivity index (χ3n) is 4.20. The summed E-state index contributed by atoms with van der Waals surface area (Å²) >= 11 is 3.02. The third-order valence-corrected chi connectivity index (χ3v) is 6.36. The second kappa shape index (κ2) is 8.33. The molecule has 3 rings (SSSR count). The number of hydrogen-bond donors (Lipinski definition) is 1. The molecule has 0 spiro atoms. The molecule has 1 N–H and O–H groups in total. The molecule has 2 aromatic heterocycles. The number of thioether (sulfide) groups is 1. The lowest BCUT2D eigenvalue weighted by Crippen LogP contribution is -2.33. The average Bonchev–Trinajstić information content (AvgIpc) is 3.21. The minimum atomic E-state index is -0.303. The van der Waals surface area contributed by atoms with Gasteiger partial charge in [0.1, 0.15) is 0 Å². The Morgan fingerprint density at radius 2 is 2.40 bits per heavy atom. The summed E-state index contributed by atoms with van der Waals surface area (Å²) in [4.78, 5) is 14.4. The van der Waals surface area contributed by atoms with Crippen LogP contribution in [-0.2, 0) is 22.4 Å². The van der Waals surface area contributed by atoms with Crippen molar-refractivity contribution in [1.82, 2.24) is 15.5 Å². The second-order valence-corrected chi connectivity index (χ2v) is 8.75. The Labute approximate surface area is 155 Å². The first-order chi connectivity index (χ1) is 12.1. The van der Waals surface area contributed by atoms with Crippen LogP contribution >= 0.6 is 23.1 Å². The van der Waals surface area contributed by atoms with Gasteiger partial charge in [0, 0.05) is 18.5 Å². The van der Waals surface area contributed by atoms with Crippen LogP contribution in [0.25, 0.3) is 10.8 Å². The molecule has 2 heterocycles. The summed E-state index contributed by atoms with van der Waals surface area (Å²) in [7, 11) is 1.60. The molecule has 25 heavy (non-hydrogen) atoms. The van der Waals surface area contributed by atoms with E-state index in [4.69, 9.17) is 9.15 Å². The molecule has 2 aromatic rings. The van der Waals surface area contributed by atoms with Crippen LogP contribution in [0.3, 0.4) is 0 Å². The summed E-state index contributed by atoms with van der Waals surface area (Å²) in [5.41, 5.74) is 1.41. The number of nitrogens with one attached hydrogen (secondary N) is 1. The van der Waals surface area contributed by atoms with Gasteiger partial charge in [-0.1, -0.05) is 18.7 Å². The van der Waals surface area contributed by atoms with Crippen molar-refractivity contribution in [2.75, 3.05) is 20.3 Å². The zero-order chi connectivity index (χ0) is 17.8. The summed E-state index contributed by atoms with van der Waals surface area (Å²) < 4.78 is 10.7. The molecule has 0 saturated heterocycles. The van der Waals surface area contributed by atoms with E-state index in [9.17, 15) is 4.79 Å². The normalized spacial score (nSPS) is 18.0. The Morgan fingerprint density at radius 1 is 1.56 bits per heavy atom. The SMILES string of the molecule is COCCNC(=O)[C@@H](C)Sc1nnc(-c2cc3c(s2)CC[C@@H](C)C3)o1. The molecule has 2 atom stereocenters. The highest BCUT2D eigenvalue weighted by Gasteiger charge is 2.22. The first-order valence-electron chi connectivity index (χ1n) is 8.45. The highest BCUT2D eigenvalue weighted by atomic mass is 32.2. The van der Waals surface area contributed by atoms with Gasteiger partial charge >= 0.3 is 0 Å². The van der Waals surface area contributed by atoms with Crippen molar-refractivity contribution in [1.29, 1.82) is 0 Å². The molecule has 1 amide bonds. The van der Waals surface area contributed by atoms with Crippen LogP contribution in [-0.4, -0.2) is 41.6 Å². The molecular weight excluding hydrogens is 358 g/mol. The Morgan fingerprint density at radius 3 is 3.20 bits per heavy atom. The number of rotatable bonds is 7. The maximum absolute atomic E-state index is 12.0. The number of fused-ring (bicyclic) bond motifs is 1. The summed E-state index contributed by atoms with van der Waals surface area (Å²) in [5, 5.41) is 11.2. The van der Waals surface area contributed by atoms with Crippen molar-refractivity contribution in [2.24, 2.45) is 5.92 Å². The number of aryl methyl sites for hydroxylation is 1. The molecule has 0 bridgehead atoms. The van der Waals surface area contributed by atoms with E-state index in [-0.39, 0.29) is 11.2 Å². The minimum absolute atomic E-state index is 0.0672. The summed E-state index contributed by atoms with van der Waals surface area (Å²) in [6, 6.07) is 2.18. The van der Waals surface area contributed by atoms with E-state index in [1.807, 2.05) is 6.92 Å². The largest absolute Gasteiger partial charge is 0.410 e. The van der Waals surface area contributed by atoms with Gasteiger partial charge in [-0.2, -0.15) is 0 Å². The summed E-state index contributed by atoms with van der Waals surface area (Å²) in [5.74, 6) is 1.21. The van der Waals surface area contributed by atoms with E-state index in [0.717, 1.165) is 23.6 Å². The maximum atomic E-state index is 12.0. The monoisotopic (exact) mass is 381 g/mol. The molecule has 0 aliphatic heterocycles. The van der Waals surface area contributed by atoms with Crippen LogP contribution in [0.5, 0.6) is 0 Å². The van der Waals surface area contributed by atoms with Crippen LogP contribution in [0.2, 0.25) is 0 Å². The van der Waals surface area contributed by atoms with E-state index in [2.05, 4.69) is 28.5 Å². The predicted octanol–water partition coefficient (Wildman–Crippen LogP) is 3.17. The first-order valence-corrected chi connectivity index (χ1v) is 10.1. The molecule has 0 radical (unpaired) electrons. The molecule has 8 heteroatoms. The number of hydrogen-bond acceptors (Lipinski definition) is 7. The smallest absolute Gasteiger partial charge is 0.277 e. The van der Waals surface area contributed by atoms with Gasteiger partial charge in [0.05, 0.1) is 16.7 Å². The number of nitrogens with zero attached hydrogens (tertiary/aromatic N) is 2. The number of aromatic nitrogens is 2. The van der Waals surface area contributed by atoms with E-state index in [0.29, 0.717) is 24.3 Å². The van der Waals surface area contributed by atoms with Crippen LogP contribution in [0.1, 0.15) is 30.7 Å². The molecular formula is C17H23N3O3S2. The molecule has 0 unspecified atom stereocenters. The Kier molecular flexibility index (Phi) is 6.14. The quantitative estimate of drug-likeness (QED) is 0.586. The van der Waals surface area contributed by atoms with Crippen molar-refractivity contribution < 1.29 is 13.9 Å². The van der Waals surface area contributed by atoms with Crippen molar-refractivity contribution in [3.05, 3.63) is 16.5 Å². The van der Waals surface area contributed by atoms with E-state index >= 15 is 0 Å². The number of ether oxygens (including phenoxy) is 1. The first kappa shape index (κ1) is 18.4. The van der Waals surface area contributed by atoms with E-state index in [1.165, 1.54) is 28.6 Å². The lowest BCUT2D eigenvalue weighted by atomic mass is 9.90. The molecule has 0 saturated carbocycles. The topological polar surface area (TPSA) is 77.2 Å². The Balaban J connectivity index is 1.62. The summed E-state index contributed by atoms with van der Waals surface area (Å²) in [6.07, 6.45) is 3.50. The highest BCUT2D eigenvalue weighted by molar-refractivity contribution is 8.00. The highest BCUT2D eigenvalue weighted by Crippen LogP contribution is 2.37. The zero-order valence-electron chi connectivity index (χ0n) is 14.7. The van der Waals surface area contributed by atoms with E-state index in [1.54, 1.807) is 18.4 Å². The maximum Gasteiger partial charge on any atom is 0.277 e.